The van der Waals surface area contributed by atoms with Crippen LogP contribution in [0.4, 0.5) is 0 Å². The van der Waals surface area contributed by atoms with Crippen LogP contribution in [-0.4, -0.2) is 14.9 Å². The number of rotatable bonds is 4. The van der Waals surface area contributed by atoms with Gasteiger partial charge in [0.1, 0.15) is 5.82 Å². The van der Waals surface area contributed by atoms with Crippen LogP contribution in [0.2, 0.25) is 0 Å². The second-order valence-electron chi connectivity index (χ2n) is 3.09. The fourth-order valence-corrected chi connectivity index (χ4v) is 1.41. The first-order valence-electron chi connectivity index (χ1n) is 4.33. The van der Waals surface area contributed by atoms with Gasteiger partial charge in [0.25, 0.3) is 0 Å². The lowest BCUT2D eigenvalue weighted by Gasteiger charge is -2.08. The molecule has 0 N–H and O–H groups in total. The van der Waals surface area contributed by atoms with Crippen molar-refractivity contribution in [1.82, 2.24) is 9.55 Å². The van der Waals surface area contributed by atoms with Crippen molar-refractivity contribution in [2.45, 2.75) is 26.8 Å². The van der Waals surface area contributed by atoms with E-state index in [4.69, 9.17) is 0 Å². The Balaban J connectivity index is 2.61. The fraction of sp³-hybridized carbons (Fsp3) is 0.667. The summed E-state index contributed by atoms with van der Waals surface area (Å²) in [6, 6.07) is 0. The Labute approximate surface area is 82.1 Å². The van der Waals surface area contributed by atoms with Crippen molar-refractivity contribution in [2.75, 3.05) is 5.33 Å². The Kier molecular flexibility index (Phi) is 3.79. The Bertz CT molecular complexity index is 232. The third-order valence-corrected chi connectivity index (χ3v) is 3.04. The van der Waals surface area contributed by atoms with Crippen molar-refractivity contribution in [3.63, 3.8) is 0 Å². The normalized spacial score (nSPS) is 13.2. The van der Waals surface area contributed by atoms with Gasteiger partial charge in [0.05, 0.1) is 0 Å². The Morgan fingerprint density at radius 2 is 2.42 bits per heavy atom. The predicted octanol–water partition coefficient (Wildman–Crippen LogP) is 2.48. The molecule has 1 rings (SSSR count). The molecule has 0 aliphatic heterocycles. The summed E-state index contributed by atoms with van der Waals surface area (Å²) < 4.78 is 2.19. The van der Waals surface area contributed by atoms with Crippen molar-refractivity contribution in [2.24, 2.45) is 5.92 Å². The molecule has 1 unspecified atom stereocenters. The van der Waals surface area contributed by atoms with Gasteiger partial charge in [-0.05, 0) is 12.8 Å². The van der Waals surface area contributed by atoms with Gasteiger partial charge in [-0.15, -0.1) is 0 Å². The number of halogens is 1. The number of aryl methyl sites for hydroxylation is 1. The summed E-state index contributed by atoms with van der Waals surface area (Å²) >= 11 is 3.47. The van der Waals surface area contributed by atoms with E-state index in [-0.39, 0.29) is 0 Å². The summed E-state index contributed by atoms with van der Waals surface area (Å²) in [5, 5.41) is 1.05. The highest BCUT2D eigenvalue weighted by atomic mass is 79.9. The summed E-state index contributed by atoms with van der Waals surface area (Å²) in [6.45, 7) is 5.39. The van der Waals surface area contributed by atoms with E-state index in [0.717, 1.165) is 18.3 Å². The molecule has 1 aromatic rings. The van der Waals surface area contributed by atoms with E-state index in [2.05, 4.69) is 39.3 Å². The average Bonchev–Trinajstić information content (AvgIpc) is 2.51. The average molecular weight is 231 g/mol. The van der Waals surface area contributed by atoms with Gasteiger partial charge in [0, 0.05) is 30.7 Å². The SMILES string of the molecule is CCn1ccnc1CC(C)CBr. The molecule has 0 aliphatic carbocycles. The molecular formula is C9H15BrN2. The number of imidazole rings is 1. The van der Waals surface area contributed by atoms with E-state index < -0.39 is 0 Å². The minimum absolute atomic E-state index is 0.665. The minimum Gasteiger partial charge on any atom is -0.335 e. The number of aromatic nitrogens is 2. The maximum Gasteiger partial charge on any atom is 0.108 e. The van der Waals surface area contributed by atoms with Crippen LogP contribution in [0.15, 0.2) is 12.4 Å². The lowest BCUT2D eigenvalue weighted by molar-refractivity contribution is 0.593. The smallest absolute Gasteiger partial charge is 0.108 e. The van der Waals surface area contributed by atoms with Crippen LogP contribution in [0.1, 0.15) is 19.7 Å². The van der Waals surface area contributed by atoms with E-state index >= 15 is 0 Å². The maximum atomic E-state index is 4.32. The van der Waals surface area contributed by atoms with E-state index in [0.29, 0.717) is 5.92 Å². The van der Waals surface area contributed by atoms with Gasteiger partial charge in [-0.2, -0.15) is 0 Å². The molecule has 12 heavy (non-hydrogen) atoms. The van der Waals surface area contributed by atoms with E-state index in [1.165, 1.54) is 5.82 Å². The molecule has 0 fully saturated rings. The highest BCUT2D eigenvalue weighted by Gasteiger charge is 2.05. The first-order valence-corrected chi connectivity index (χ1v) is 5.46. The van der Waals surface area contributed by atoms with Crippen LogP contribution in [0.3, 0.4) is 0 Å². The highest BCUT2D eigenvalue weighted by Crippen LogP contribution is 2.08. The molecule has 3 heteroatoms. The minimum atomic E-state index is 0.665. The first-order chi connectivity index (χ1) is 5.77. The van der Waals surface area contributed by atoms with Gasteiger partial charge in [-0.1, -0.05) is 22.9 Å². The Hall–Kier alpha value is -0.310. The van der Waals surface area contributed by atoms with Crippen LogP contribution < -0.4 is 0 Å². The van der Waals surface area contributed by atoms with Crippen molar-refractivity contribution in [1.29, 1.82) is 0 Å². The molecule has 0 spiro atoms. The van der Waals surface area contributed by atoms with Crippen molar-refractivity contribution in [3.05, 3.63) is 18.2 Å². The molecule has 68 valence electrons. The quantitative estimate of drug-likeness (QED) is 0.728. The third-order valence-electron chi connectivity index (χ3n) is 1.94. The molecule has 0 bridgehead atoms. The molecule has 0 saturated carbocycles. The van der Waals surface area contributed by atoms with Crippen molar-refractivity contribution < 1.29 is 0 Å². The lowest BCUT2D eigenvalue weighted by atomic mass is 10.1. The molecule has 0 saturated heterocycles. The number of alkyl halides is 1. The monoisotopic (exact) mass is 230 g/mol. The second-order valence-corrected chi connectivity index (χ2v) is 3.74. The molecule has 1 heterocycles. The van der Waals surface area contributed by atoms with Gasteiger partial charge < -0.3 is 4.57 Å². The van der Waals surface area contributed by atoms with Crippen LogP contribution in [0, 0.1) is 5.92 Å². The number of hydrogen-bond donors (Lipinski definition) is 0. The predicted molar refractivity (Wildman–Crippen MR) is 54.6 cm³/mol. The first kappa shape index (κ1) is 9.78. The van der Waals surface area contributed by atoms with Crippen LogP contribution in [0.5, 0.6) is 0 Å². The van der Waals surface area contributed by atoms with Crippen molar-refractivity contribution in [3.8, 4) is 0 Å². The summed E-state index contributed by atoms with van der Waals surface area (Å²) in [6.07, 6.45) is 4.97. The van der Waals surface area contributed by atoms with Gasteiger partial charge in [-0.25, -0.2) is 4.98 Å². The summed E-state index contributed by atoms with van der Waals surface area (Å²) in [5.74, 6) is 1.86. The lowest BCUT2D eigenvalue weighted by Crippen LogP contribution is -2.07. The van der Waals surface area contributed by atoms with Crippen LogP contribution >= 0.6 is 15.9 Å². The van der Waals surface area contributed by atoms with E-state index in [1.807, 2.05) is 12.4 Å². The van der Waals surface area contributed by atoms with Crippen LogP contribution in [-0.2, 0) is 13.0 Å². The largest absolute Gasteiger partial charge is 0.335 e. The summed E-state index contributed by atoms with van der Waals surface area (Å²) in [4.78, 5) is 4.32. The number of hydrogen-bond acceptors (Lipinski definition) is 1. The Morgan fingerprint density at radius 1 is 1.67 bits per heavy atom. The second kappa shape index (κ2) is 4.65. The molecule has 0 aliphatic rings. The zero-order valence-electron chi connectivity index (χ0n) is 7.63. The van der Waals surface area contributed by atoms with Crippen molar-refractivity contribution >= 4 is 15.9 Å². The zero-order valence-corrected chi connectivity index (χ0v) is 9.21. The summed E-state index contributed by atoms with van der Waals surface area (Å²) in [7, 11) is 0. The molecular weight excluding hydrogens is 216 g/mol. The maximum absolute atomic E-state index is 4.32. The molecule has 1 atom stereocenters. The van der Waals surface area contributed by atoms with E-state index in [1.54, 1.807) is 0 Å². The van der Waals surface area contributed by atoms with E-state index in [9.17, 15) is 0 Å². The van der Waals surface area contributed by atoms with Gasteiger partial charge in [-0.3, -0.25) is 0 Å². The molecule has 0 radical (unpaired) electrons. The fourth-order valence-electron chi connectivity index (χ4n) is 1.18. The molecule has 1 aromatic heterocycles. The third kappa shape index (κ3) is 2.34. The molecule has 0 aromatic carbocycles. The number of nitrogens with zero attached hydrogens (tertiary/aromatic N) is 2. The Morgan fingerprint density at radius 3 is 3.00 bits per heavy atom. The summed E-state index contributed by atoms with van der Waals surface area (Å²) in [5.41, 5.74) is 0. The van der Waals surface area contributed by atoms with Crippen LogP contribution in [0.25, 0.3) is 0 Å². The molecule has 2 nitrogen and oxygen atoms in total. The molecule has 0 amide bonds. The van der Waals surface area contributed by atoms with Gasteiger partial charge in [0.15, 0.2) is 0 Å². The standard InChI is InChI=1S/C9H15BrN2/c1-3-12-5-4-11-9(12)6-8(2)7-10/h4-5,8H,3,6-7H2,1-2H3. The van der Waals surface area contributed by atoms with Gasteiger partial charge in [0.2, 0.25) is 0 Å². The topological polar surface area (TPSA) is 17.8 Å². The zero-order chi connectivity index (χ0) is 8.97. The van der Waals surface area contributed by atoms with Gasteiger partial charge >= 0.3 is 0 Å². The highest BCUT2D eigenvalue weighted by molar-refractivity contribution is 9.09.